The van der Waals surface area contributed by atoms with Crippen molar-refractivity contribution < 1.29 is 19.7 Å². The summed E-state index contributed by atoms with van der Waals surface area (Å²) in [5.41, 5.74) is -1.47. The maximum absolute atomic E-state index is 12.0. The van der Waals surface area contributed by atoms with Crippen LogP contribution in [0.25, 0.3) is 0 Å². The van der Waals surface area contributed by atoms with E-state index in [0.717, 1.165) is 0 Å². The second-order valence-corrected chi connectivity index (χ2v) is 5.98. The van der Waals surface area contributed by atoms with Gasteiger partial charge in [-0.2, -0.15) is 0 Å². The first-order valence-corrected chi connectivity index (χ1v) is 5.97. The van der Waals surface area contributed by atoms with E-state index in [4.69, 9.17) is 4.74 Å². The Labute approximate surface area is 102 Å². The van der Waals surface area contributed by atoms with Gasteiger partial charge in [-0.3, -0.25) is 0 Å². The topological polar surface area (TPSA) is 70.0 Å². The van der Waals surface area contributed by atoms with E-state index in [1.165, 1.54) is 4.90 Å². The Bertz CT molecular complexity index is 283. The monoisotopic (exact) mass is 245 g/mol. The lowest BCUT2D eigenvalue weighted by atomic mass is 9.91. The fourth-order valence-corrected chi connectivity index (χ4v) is 1.93. The Hall–Kier alpha value is -0.810. The van der Waals surface area contributed by atoms with E-state index in [1.807, 2.05) is 0 Å². The molecule has 1 aliphatic rings. The molecular formula is C12H23NO4. The van der Waals surface area contributed by atoms with E-state index in [9.17, 15) is 15.0 Å². The number of ether oxygens (including phenoxy) is 1. The molecule has 5 heteroatoms. The second-order valence-electron chi connectivity index (χ2n) is 5.98. The van der Waals surface area contributed by atoms with Crippen LogP contribution >= 0.6 is 0 Å². The van der Waals surface area contributed by atoms with Gasteiger partial charge in [-0.05, 0) is 40.5 Å². The lowest BCUT2D eigenvalue weighted by molar-refractivity contribution is -0.0593. The molecule has 0 aromatic heterocycles. The Balaban J connectivity index is 2.73. The molecule has 2 N–H and O–H groups in total. The van der Waals surface area contributed by atoms with Gasteiger partial charge in [0.15, 0.2) is 0 Å². The third-order valence-electron chi connectivity index (χ3n) is 2.81. The lowest BCUT2D eigenvalue weighted by Crippen LogP contribution is -2.55. The molecule has 0 saturated carbocycles. The van der Waals surface area contributed by atoms with E-state index in [1.54, 1.807) is 27.7 Å². The van der Waals surface area contributed by atoms with E-state index in [0.29, 0.717) is 12.8 Å². The summed E-state index contributed by atoms with van der Waals surface area (Å²) in [6.45, 7) is 7.17. The van der Waals surface area contributed by atoms with Crippen molar-refractivity contribution in [2.75, 3.05) is 13.2 Å². The number of likely N-dealkylation sites (tertiary alicyclic amines) is 1. The molecule has 0 radical (unpaired) electrons. The number of rotatable bonds is 1. The lowest BCUT2D eigenvalue weighted by Gasteiger charge is -2.42. The first kappa shape index (κ1) is 14.3. The smallest absolute Gasteiger partial charge is 0.410 e. The molecule has 0 aromatic rings. The van der Waals surface area contributed by atoms with E-state index in [2.05, 4.69) is 0 Å². The first-order valence-electron chi connectivity index (χ1n) is 5.97. The molecule has 1 saturated heterocycles. The van der Waals surface area contributed by atoms with E-state index in [-0.39, 0.29) is 19.2 Å². The van der Waals surface area contributed by atoms with E-state index >= 15 is 0 Å². The van der Waals surface area contributed by atoms with Gasteiger partial charge in [-0.15, -0.1) is 0 Å². The minimum atomic E-state index is -0.900. The maximum atomic E-state index is 12.0. The zero-order valence-corrected chi connectivity index (χ0v) is 11.1. The average Bonchev–Trinajstić information content (AvgIpc) is 2.13. The molecule has 1 aliphatic heterocycles. The average molecular weight is 245 g/mol. The summed E-state index contributed by atoms with van der Waals surface area (Å²) in [5.74, 6) is 0. The highest BCUT2D eigenvalue weighted by Gasteiger charge is 2.38. The highest BCUT2D eigenvalue weighted by atomic mass is 16.6. The molecule has 0 aromatic carbocycles. The Morgan fingerprint density at radius 3 is 2.59 bits per heavy atom. The summed E-state index contributed by atoms with van der Waals surface area (Å²) in [4.78, 5) is 13.4. The fraction of sp³-hybridized carbons (Fsp3) is 0.917. The largest absolute Gasteiger partial charge is 0.444 e. The zero-order valence-electron chi connectivity index (χ0n) is 11.1. The molecule has 5 nitrogen and oxygen atoms in total. The van der Waals surface area contributed by atoms with Crippen molar-refractivity contribution in [2.45, 2.75) is 57.8 Å². The standard InChI is InChI=1S/C12H23NO4/c1-11(2,3)17-10(15)13-8-12(4,16)6-5-9(13)7-14/h9,14,16H,5-8H2,1-4H3/t9-,12+/m0/s1. The van der Waals surface area contributed by atoms with Crippen molar-refractivity contribution in [1.82, 2.24) is 4.90 Å². The molecule has 1 heterocycles. The van der Waals surface area contributed by atoms with Gasteiger partial charge in [0.2, 0.25) is 0 Å². The number of piperidine rings is 1. The van der Waals surface area contributed by atoms with Gasteiger partial charge in [0, 0.05) is 0 Å². The van der Waals surface area contributed by atoms with Gasteiger partial charge in [0.05, 0.1) is 24.8 Å². The number of nitrogens with zero attached hydrogens (tertiary/aromatic N) is 1. The number of aliphatic hydroxyl groups is 2. The molecule has 100 valence electrons. The van der Waals surface area contributed by atoms with Crippen molar-refractivity contribution in [2.24, 2.45) is 0 Å². The third-order valence-corrected chi connectivity index (χ3v) is 2.81. The number of hydrogen-bond acceptors (Lipinski definition) is 4. The number of amides is 1. The van der Waals surface area contributed by atoms with Gasteiger partial charge in [-0.1, -0.05) is 0 Å². The predicted molar refractivity (Wildman–Crippen MR) is 63.7 cm³/mol. The number of carbonyl (C=O) groups excluding carboxylic acids is 1. The molecule has 1 amide bonds. The van der Waals surface area contributed by atoms with Crippen LogP contribution in [0.2, 0.25) is 0 Å². The van der Waals surface area contributed by atoms with Gasteiger partial charge < -0.3 is 19.8 Å². The Morgan fingerprint density at radius 2 is 2.12 bits per heavy atom. The highest BCUT2D eigenvalue weighted by molar-refractivity contribution is 5.69. The molecular weight excluding hydrogens is 222 g/mol. The summed E-state index contributed by atoms with van der Waals surface area (Å²) in [7, 11) is 0. The molecule has 2 atom stereocenters. The van der Waals surface area contributed by atoms with Gasteiger partial charge >= 0.3 is 6.09 Å². The summed E-state index contributed by atoms with van der Waals surface area (Å²) < 4.78 is 5.27. The van der Waals surface area contributed by atoms with Crippen LogP contribution in [-0.4, -0.2) is 51.6 Å². The van der Waals surface area contributed by atoms with Crippen LogP contribution in [0.5, 0.6) is 0 Å². The van der Waals surface area contributed by atoms with Crippen LogP contribution in [-0.2, 0) is 4.74 Å². The number of carbonyl (C=O) groups is 1. The Morgan fingerprint density at radius 1 is 1.53 bits per heavy atom. The third kappa shape index (κ3) is 4.16. The molecule has 1 fully saturated rings. The van der Waals surface area contributed by atoms with Crippen molar-refractivity contribution in [1.29, 1.82) is 0 Å². The van der Waals surface area contributed by atoms with Crippen LogP contribution in [0.15, 0.2) is 0 Å². The minimum absolute atomic E-state index is 0.102. The van der Waals surface area contributed by atoms with Crippen molar-refractivity contribution in [3.63, 3.8) is 0 Å². The van der Waals surface area contributed by atoms with Crippen LogP contribution < -0.4 is 0 Å². The van der Waals surface area contributed by atoms with Gasteiger partial charge in [0.1, 0.15) is 5.60 Å². The van der Waals surface area contributed by atoms with Crippen LogP contribution in [0.1, 0.15) is 40.5 Å². The summed E-state index contributed by atoms with van der Waals surface area (Å²) in [6, 6.07) is -0.259. The zero-order chi connectivity index (χ0) is 13.3. The normalized spacial score (nSPS) is 30.2. The molecule has 17 heavy (non-hydrogen) atoms. The second kappa shape index (κ2) is 4.82. The van der Waals surface area contributed by atoms with Gasteiger partial charge in [-0.25, -0.2) is 4.79 Å². The SMILES string of the molecule is CC(C)(C)OC(=O)N1C[C@](C)(O)CC[C@H]1CO. The number of β-amino-alcohol motifs (C(OH)–C–C–N with tert-alkyl or cyclic N) is 1. The molecule has 0 aliphatic carbocycles. The van der Waals surface area contributed by atoms with Crippen LogP contribution in [0.4, 0.5) is 4.79 Å². The van der Waals surface area contributed by atoms with Crippen LogP contribution in [0, 0.1) is 0 Å². The summed E-state index contributed by atoms with van der Waals surface area (Å²) in [5, 5.41) is 19.2. The summed E-state index contributed by atoms with van der Waals surface area (Å²) in [6.07, 6.45) is 0.691. The van der Waals surface area contributed by atoms with Gasteiger partial charge in [0.25, 0.3) is 0 Å². The first-order chi connectivity index (χ1) is 7.64. The molecule has 0 unspecified atom stereocenters. The van der Waals surface area contributed by atoms with E-state index < -0.39 is 17.3 Å². The number of aliphatic hydroxyl groups excluding tert-OH is 1. The Kier molecular flexibility index (Phi) is 4.04. The predicted octanol–water partition coefficient (Wildman–Crippen LogP) is 1.13. The number of hydrogen-bond donors (Lipinski definition) is 2. The molecule has 0 bridgehead atoms. The maximum Gasteiger partial charge on any atom is 0.410 e. The minimum Gasteiger partial charge on any atom is -0.444 e. The van der Waals surface area contributed by atoms with Crippen molar-refractivity contribution in [3.8, 4) is 0 Å². The molecule has 0 spiro atoms. The highest BCUT2D eigenvalue weighted by Crippen LogP contribution is 2.26. The quantitative estimate of drug-likeness (QED) is 0.726. The fourth-order valence-electron chi connectivity index (χ4n) is 1.93. The molecule has 1 rings (SSSR count). The summed E-state index contributed by atoms with van der Waals surface area (Å²) >= 11 is 0. The van der Waals surface area contributed by atoms with Crippen molar-refractivity contribution >= 4 is 6.09 Å². The van der Waals surface area contributed by atoms with Crippen LogP contribution in [0.3, 0.4) is 0 Å². The van der Waals surface area contributed by atoms with Crippen molar-refractivity contribution in [3.05, 3.63) is 0 Å².